The number of hydrogen-bond donors (Lipinski definition) is 3. The van der Waals surface area contributed by atoms with E-state index in [0.29, 0.717) is 41.8 Å². The number of fused-ring (bicyclic) bond motifs is 1. The van der Waals surface area contributed by atoms with Gasteiger partial charge in [-0.3, -0.25) is 9.52 Å². The molecular formula is C18H21N3O5S. The van der Waals surface area contributed by atoms with E-state index in [9.17, 15) is 13.2 Å². The first-order valence-electron chi connectivity index (χ1n) is 8.35. The van der Waals surface area contributed by atoms with E-state index >= 15 is 0 Å². The number of ether oxygens (including phenoxy) is 2. The first-order valence-corrected chi connectivity index (χ1v) is 10.2. The Balaban J connectivity index is 1.59. The molecule has 3 N–H and O–H groups in total. The molecule has 0 saturated heterocycles. The van der Waals surface area contributed by atoms with Gasteiger partial charge in [-0.05, 0) is 43.3 Å². The van der Waals surface area contributed by atoms with Gasteiger partial charge in [-0.2, -0.15) is 0 Å². The fourth-order valence-corrected chi connectivity index (χ4v) is 3.10. The van der Waals surface area contributed by atoms with Crippen LogP contribution in [0.15, 0.2) is 42.5 Å². The highest BCUT2D eigenvalue weighted by molar-refractivity contribution is 7.92. The molecule has 2 aromatic rings. The lowest BCUT2D eigenvalue weighted by Gasteiger charge is -2.20. The third-order valence-electron chi connectivity index (χ3n) is 3.77. The molecule has 9 heteroatoms. The van der Waals surface area contributed by atoms with Gasteiger partial charge in [0.05, 0.1) is 6.26 Å². The molecule has 27 heavy (non-hydrogen) atoms. The van der Waals surface area contributed by atoms with Crippen molar-refractivity contribution in [2.75, 3.05) is 34.8 Å². The van der Waals surface area contributed by atoms with E-state index < -0.39 is 16.1 Å². The molecule has 0 spiro atoms. The van der Waals surface area contributed by atoms with Gasteiger partial charge in [0.2, 0.25) is 15.9 Å². The van der Waals surface area contributed by atoms with Crippen LogP contribution in [0.4, 0.5) is 17.1 Å². The lowest BCUT2D eigenvalue weighted by Crippen LogP contribution is -2.31. The molecule has 2 aromatic carbocycles. The third kappa shape index (κ3) is 5.27. The Morgan fingerprint density at radius 3 is 2.22 bits per heavy atom. The molecular weight excluding hydrogens is 370 g/mol. The molecule has 1 aliphatic heterocycles. The largest absolute Gasteiger partial charge is 0.486 e. The van der Waals surface area contributed by atoms with E-state index in [0.717, 1.165) is 6.26 Å². The Labute approximate surface area is 157 Å². The standard InChI is InChI=1S/C18H21N3O5S/c1-12(19-13-3-5-14(6-4-13)21-27(2,23)24)18(22)20-15-7-8-16-17(11-15)26-10-9-25-16/h3-8,11-12,19,21H,9-10H2,1-2H3,(H,20,22). The second kappa shape index (κ2) is 7.75. The zero-order valence-corrected chi connectivity index (χ0v) is 15.8. The summed E-state index contributed by atoms with van der Waals surface area (Å²) in [5.41, 5.74) is 1.76. The average molecular weight is 391 g/mol. The Hall–Kier alpha value is -2.94. The molecule has 0 bridgehead atoms. The molecule has 0 saturated carbocycles. The second-order valence-corrected chi connectivity index (χ2v) is 7.91. The predicted molar refractivity (Wildman–Crippen MR) is 104 cm³/mol. The highest BCUT2D eigenvalue weighted by atomic mass is 32.2. The quantitative estimate of drug-likeness (QED) is 0.698. The summed E-state index contributed by atoms with van der Waals surface area (Å²) in [7, 11) is -3.32. The summed E-state index contributed by atoms with van der Waals surface area (Å²) in [6.07, 6.45) is 1.09. The summed E-state index contributed by atoms with van der Waals surface area (Å²) in [5, 5.41) is 5.89. The number of amides is 1. The molecule has 1 aliphatic rings. The van der Waals surface area contributed by atoms with Gasteiger partial charge < -0.3 is 20.1 Å². The number of anilines is 3. The number of sulfonamides is 1. The van der Waals surface area contributed by atoms with Crippen LogP contribution in [0.2, 0.25) is 0 Å². The first-order chi connectivity index (χ1) is 12.8. The number of carbonyl (C=O) groups excluding carboxylic acids is 1. The lowest BCUT2D eigenvalue weighted by atomic mass is 10.2. The molecule has 0 fully saturated rings. The Morgan fingerprint density at radius 1 is 0.963 bits per heavy atom. The van der Waals surface area contributed by atoms with E-state index in [1.807, 2.05) is 0 Å². The van der Waals surface area contributed by atoms with Gasteiger partial charge in [0.25, 0.3) is 0 Å². The second-order valence-electron chi connectivity index (χ2n) is 6.17. The molecule has 8 nitrogen and oxygen atoms in total. The van der Waals surface area contributed by atoms with Crippen LogP contribution in [0.5, 0.6) is 11.5 Å². The van der Waals surface area contributed by atoms with Gasteiger partial charge in [0, 0.05) is 23.1 Å². The summed E-state index contributed by atoms with van der Waals surface area (Å²) in [6, 6.07) is 11.4. The van der Waals surface area contributed by atoms with Gasteiger partial charge in [0.15, 0.2) is 11.5 Å². The minimum atomic E-state index is -3.32. The van der Waals surface area contributed by atoms with Crippen molar-refractivity contribution in [1.29, 1.82) is 0 Å². The molecule has 0 aliphatic carbocycles. The molecule has 1 amide bonds. The number of benzene rings is 2. The molecule has 1 unspecified atom stereocenters. The van der Waals surface area contributed by atoms with Crippen LogP contribution in [0.25, 0.3) is 0 Å². The summed E-state index contributed by atoms with van der Waals surface area (Å²) in [4.78, 5) is 12.4. The van der Waals surface area contributed by atoms with Crippen LogP contribution in [0, 0.1) is 0 Å². The van der Waals surface area contributed by atoms with Gasteiger partial charge in [-0.15, -0.1) is 0 Å². The van der Waals surface area contributed by atoms with Crippen molar-refractivity contribution in [2.45, 2.75) is 13.0 Å². The van der Waals surface area contributed by atoms with Crippen molar-refractivity contribution in [1.82, 2.24) is 0 Å². The van der Waals surface area contributed by atoms with Crippen molar-refractivity contribution >= 4 is 33.0 Å². The Bertz CT molecular complexity index is 929. The topological polar surface area (TPSA) is 106 Å². The maximum atomic E-state index is 12.4. The number of hydrogen-bond acceptors (Lipinski definition) is 6. The van der Waals surface area contributed by atoms with E-state index in [1.165, 1.54) is 0 Å². The van der Waals surface area contributed by atoms with Gasteiger partial charge in [-0.25, -0.2) is 8.42 Å². The number of nitrogens with one attached hydrogen (secondary N) is 3. The highest BCUT2D eigenvalue weighted by Crippen LogP contribution is 2.32. The third-order valence-corrected chi connectivity index (χ3v) is 4.38. The SMILES string of the molecule is CC(Nc1ccc(NS(C)(=O)=O)cc1)C(=O)Nc1ccc2c(c1)OCCO2. The summed E-state index contributed by atoms with van der Waals surface area (Å²) in [6.45, 7) is 2.72. The molecule has 0 aromatic heterocycles. The fourth-order valence-electron chi connectivity index (χ4n) is 2.54. The van der Waals surface area contributed by atoms with Crippen molar-refractivity contribution in [2.24, 2.45) is 0 Å². The molecule has 144 valence electrons. The Kier molecular flexibility index (Phi) is 5.41. The van der Waals surface area contributed by atoms with E-state index in [-0.39, 0.29) is 5.91 Å². The molecule has 1 atom stereocenters. The van der Waals surface area contributed by atoms with Crippen LogP contribution in [-0.2, 0) is 14.8 Å². The summed E-state index contributed by atoms with van der Waals surface area (Å²) < 4.78 is 35.8. The molecule has 3 rings (SSSR count). The van der Waals surface area contributed by atoms with Crippen LogP contribution in [0.3, 0.4) is 0 Å². The molecule has 0 radical (unpaired) electrons. The summed E-state index contributed by atoms with van der Waals surface area (Å²) >= 11 is 0. The van der Waals surface area contributed by atoms with Gasteiger partial charge >= 0.3 is 0 Å². The van der Waals surface area contributed by atoms with Crippen LogP contribution >= 0.6 is 0 Å². The van der Waals surface area contributed by atoms with Gasteiger partial charge in [-0.1, -0.05) is 0 Å². The zero-order chi connectivity index (χ0) is 19.4. The van der Waals surface area contributed by atoms with E-state index in [2.05, 4.69) is 15.4 Å². The van der Waals surface area contributed by atoms with E-state index in [1.54, 1.807) is 49.4 Å². The fraction of sp³-hybridized carbons (Fsp3) is 0.278. The predicted octanol–water partition coefficient (Wildman–Crippen LogP) is 2.27. The normalized spacial score (nSPS) is 14.1. The van der Waals surface area contributed by atoms with Crippen LogP contribution in [0.1, 0.15) is 6.92 Å². The number of carbonyl (C=O) groups is 1. The Morgan fingerprint density at radius 2 is 1.56 bits per heavy atom. The minimum absolute atomic E-state index is 0.218. The van der Waals surface area contributed by atoms with Crippen molar-refractivity contribution in [3.63, 3.8) is 0 Å². The lowest BCUT2D eigenvalue weighted by molar-refractivity contribution is -0.116. The smallest absolute Gasteiger partial charge is 0.246 e. The molecule has 1 heterocycles. The number of rotatable bonds is 6. The maximum absolute atomic E-state index is 12.4. The van der Waals surface area contributed by atoms with Gasteiger partial charge in [0.1, 0.15) is 19.3 Å². The monoisotopic (exact) mass is 391 g/mol. The average Bonchev–Trinajstić information content (AvgIpc) is 2.62. The maximum Gasteiger partial charge on any atom is 0.246 e. The van der Waals surface area contributed by atoms with Crippen molar-refractivity contribution < 1.29 is 22.7 Å². The van der Waals surface area contributed by atoms with Crippen molar-refractivity contribution in [3.05, 3.63) is 42.5 Å². The zero-order valence-electron chi connectivity index (χ0n) is 15.0. The van der Waals surface area contributed by atoms with Crippen LogP contribution in [-0.4, -0.2) is 39.8 Å². The summed E-state index contributed by atoms with van der Waals surface area (Å²) in [5.74, 6) is 1.05. The van der Waals surface area contributed by atoms with Crippen LogP contribution < -0.4 is 24.8 Å². The first kappa shape index (κ1) is 18.8. The van der Waals surface area contributed by atoms with E-state index in [4.69, 9.17) is 9.47 Å². The minimum Gasteiger partial charge on any atom is -0.486 e. The van der Waals surface area contributed by atoms with Crippen molar-refractivity contribution in [3.8, 4) is 11.5 Å². The highest BCUT2D eigenvalue weighted by Gasteiger charge is 2.16.